The zero-order valence-corrected chi connectivity index (χ0v) is 9.55. The van der Waals surface area contributed by atoms with Gasteiger partial charge in [-0.25, -0.2) is 4.98 Å². The minimum absolute atomic E-state index is 0.173. The van der Waals surface area contributed by atoms with Crippen molar-refractivity contribution in [2.45, 2.75) is 0 Å². The molecule has 4 heteroatoms. The Hall–Kier alpha value is -2.62. The molecule has 0 unspecified atom stereocenters. The van der Waals surface area contributed by atoms with Crippen LogP contribution in [0.15, 0.2) is 59.5 Å². The number of nitrogens with zero attached hydrogens (tertiary/aromatic N) is 1. The summed E-state index contributed by atoms with van der Waals surface area (Å²) < 4.78 is 0. The highest BCUT2D eigenvalue weighted by Gasteiger charge is 2.01. The number of aromatic nitrogens is 2. The third kappa shape index (κ3) is 1.96. The molecule has 88 valence electrons. The third-order valence-electron chi connectivity index (χ3n) is 2.71. The smallest absolute Gasteiger partial charge is 0.252 e. The van der Waals surface area contributed by atoms with Crippen LogP contribution in [0.1, 0.15) is 0 Å². The van der Waals surface area contributed by atoms with E-state index in [9.17, 15) is 4.79 Å². The van der Waals surface area contributed by atoms with Crippen LogP contribution in [0.3, 0.4) is 0 Å². The fourth-order valence-corrected chi connectivity index (χ4v) is 1.90. The zero-order valence-electron chi connectivity index (χ0n) is 9.55. The first-order valence-corrected chi connectivity index (χ1v) is 5.63. The SMILES string of the molecule is O=c1ccnc(Nc2cccc3ccccc23)[nH]1. The van der Waals surface area contributed by atoms with E-state index >= 15 is 0 Å². The topological polar surface area (TPSA) is 57.8 Å². The fraction of sp³-hybridized carbons (Fsp3) is 0. The molecule has 2 N–H and O–H groups in total. The number of H-pyrrole nitrogens is 1. The summed E-state index contributed by atoms with van der Waals surface area (Å²) in [6.45, 7) is 0. The number of rotatable bonds is 2. The lowest BCUT2D eigenvalue weighted by molar-refractivity contribution is 1.12. The van der Waals surface area contributed by atoms with Crippen LogP contribution in [0.25, 0.3) is 10.8 Å². The van der Waals surface area contributed by atoms with Gasteiger partial charge < -0.3 is 5.32 Å². The summed E-state index contributed by atoms with van der Waals surface area (Å²) in [5.41, 5.74) is 0.746. The molecule has 0 saturated heterocycles. The van der Waals surface area contributed by atoms with Crippen molar-refractivity contribution in [3.8, 4) is 0 Å². The summed E-state index contributed by atoms with van der Waals surface area (Å²) >= 11 is 0. The van der Waals surface area contributed by atoms with Crippen molar-refractivity contribution >= 4 is 22.4 Å². The standard InChI is InChI=1S/C14H11N3O/c18-13-8-9-15-14(17-13)16-12-7-3-5-10-4-1-2-6-11(10)12/h1-9H,(H2,15,16,17,18). The quantitative estimate of drug-likeness (QED) is 0.720. The predicted molar refractivity (Wildman–Crippen MR) is 72.1 cm³/mol. The Morgan fingerprint density at radius 1 is 1.00 bits per heavy atom. The first-order chi connectivity index (χ1) is 8.83. The molecule has 3 aromatic rings. The molecule has 0 atom stereocenters. The highest BCUT2D eigenvalue weighted by atomic mass is 16.1. The largest absolute Gasteiger partial charge is 0.325 e. The van der Waals surface area contributed by atoms with Gasteiger partial charge in [-0.15, -0.1) is 0 Å². The maximum atomic E-state index is 11.2. The molecule has 0 radical (unpaired) electrons. The molecule has 1 aromatic heterocycles. The van der Waals surface area contributed by atoms with Crippen LogP contribution >= 0.6 is 0 Å². The van der Waals surface area contributed by atoms with E-state index in [1.807, 2.05) is 42.5 Å². The maximum Gasteiger partial charge on any atom is 0.252 e. The van der Waals surface area contributed by atoms with Gasteiger partial charge in [0.2, 0.25) is 5.95 Å². The van der Waals surface area contributed by atoms with E-state index in [-0.39, 0.29) is 5.56 Å². The monoisotopic (exact) mass is 237 g/mol. The summed E-state index contributed by atoms with van der Waals surface area (Å²) in [6, 6.07) is 15.4. The molecule has 0 amide bonds. The third-order valence-corrected chi connectivity index (χ3v) is 2.71. The number of nitrogens with one attached hydrogen (secondary N) is 2. The van der Waals surface area contributed by atoms with Gasteiger partial charge in [-0.05, 0) is 11.5 Å². The van der Waals surface area contributed by atoms with E-state index < -0.39 is 0 Å². The lowest BCUT2D eigenvalue weighted by atomic mass is 10.1. The lowest BCUT2D eigenvalue weighted by Crippen LogP contribution is -2.08. The second-order valence-electron chi connectivity index (χ2n) is 3.93. The summed E-state index contributed by atoms with van der Waals surface area (Å²) in [5.74, 6) is 0.443. The van der Waals surface area contributed by atoms with Gasteiger partial charge in [0.05, 0.1) is 0 Å². The van der Waals surface area contributed by atoms with Gasteiger partial charge in [-0.2, -0.15) is 0 Å². The Bertz CT molecular complexity index is 744. The van der Waals surface area contributed by atoms with Crippen molar-refractivity contribution in [3.63, 3.8) is 0 Å². The lowest BCUT2D eigenvalue weighted by Gasteiger charge is -2.08. The van der Waals surface area contributed by atoms with E-state index in [4.69, 9.17) is 0 Å². The molecule has 0 spiro atoms. The van der Waals surface area contributed by atoms with Crippen molar-refractivity contribution in [3.05, 3.63) is 65.1 Å². The van der Waals surface area contributed by atoms with E-state index in [1.165, 1.54) is 12.3 Å². The van der Waals surface area contributed by atoms with Gasteiger partial charge in [0.1, 0.15) is 0 Å². The van der Waals surface area contributed by atoms with Crippen LogP contribution in [-0.4, -0.2) is 9.97 Å². The summed E-state index contributed by atoms with van der Waals surface area (Å²) in [7, 11) is 0. The molecule has 0 aliphatic carbocycles. The van der Waals surface area contributed by atoms with E-state index in [2.05, 4.69) is 15.3 Å². The molecule has 0 aliphatic heterocycles. The molecule has 18 heavy (non-hydrogen) atoms. The number of fused-ring (bicyclic) bond motifs is 1. The molecule has 3 rings (SSSR count). The van der Waals surface area contributed by atoms with Gasteiger partial charge >= 0.3 is 0 Å². The maximum absolute atomic E-state index is 11.2. The van der Waals surface area contributed by atoms with Gasteiger partial charge in [0.15, 0.2) is 0 Å². The molecule has 0 fully saturated rings. The van der Waals surface area contributed by atoms with Gasteiger partial charge in [0, 0.05) is 23.3 Å². The summed E-state index contributed by atoms with van der Waals surface area (Å²) in [4.78, 5) is 17.9. The highest BCUT2D eigenvalue weighted by molar-refractivity contribution is 5.94. The Balaban J connectivity index is 2.07. The predicted octanol–water partition coefficient (Wildman–Crippen LogP) is 2.67. The van der Waals surface area contributed by atoms with Crippen LogP contribution < -0.4 is 10.9 Å². The second-order valence-corrected chi connectivity index (χ2v) is 3.93. The minimum atomic E-state index is -0.173. The number of hydrogen-bond donors (Lipinski definition) is 2. The molecular formula is C14H11N3O. The molecule has 0 aliphatic rings. The molecule has 0 bridgehead atoms. The van der Waals surface area contributed by atoms with E-state index in [1.54, 1.807) is 0 Å². The van der Waals surface area contributed by atoms with Crippen LogP contribution in [0, 0.1) is 0 Å². The second kappa shape index (κ2) is 4.33. The van der Waals surface area contributed by atoms with Crippen molar-refractivity contribution < 1.29 is 0 Å². The Morgan fingerprint density at radius 3 is 2.72 bits per heavy atom. The van der Waals surface area contributed by atoms with Crippen molar-refractivity contribution in [1.82, 2.24) is 9.97 Å². The molecule has 4 nitrogen and oxygen atoms in total. The van der Waals surface area contributed by atoms with Crippen molar-refractivity contribution in [2.24, 2.45) is 0 Å². The molecule has 2 aromatic carbocycles. The number of hydrogen-bond acceptors (Lipinski definition) is 3. The zero-order chi connectivity index (χ0) is 12.4. The Morgan fingerprint density at radius 2 is 1.83 bits per heavy atom. The van der Waals surface area contributed by atoms with Crippen molar-refractivity contribution in [1.29, 1.82) is 0 Å². The molecule has 1 heterocycles. The van der Waals surface area contributed by atoms with Gasteiger partial charge in [-0.3, -0.25) is 9.78 Å². The highest BCUT2D eigenvalue weighted by Crippen LogP contribution is 2.24. The number of aromatic amines is 1. The first-order valence-electron chi connectivity index (χ1n) is 5.63. The normalized spacial score (nSPS) is 10.4. The average Bonchev–Trinajstić information content (AvgIpc) is 2.39. The van der Waals surface area contributed by atoms with Crippen LogP contribution in [0.4, 0.5) is 11.6 Å². The van der Waals surface area contributed by atoms with Crippen LogP contribution in [0.2, 0.25) is 0 Å². The molecule has 0 saturated carbocycles. The first kappa shape index (κ1) is 10.5. The van der Waals surface area contributed by atoms with Crippen LogP contribution in [0.5, 0.6) is 0 Å². The Labute approximate surface area is 103 Å². The van der Waals surface area contributed by atoms with Gasteiger partial charge in [-0.1, -0.05) is 36.4 Å². The number of anilines is 2. The molecular weight excluding hydrogens is 226 g/mol. The van der Waals surface area contributed by atoms with E-state index in [0.29, 0.717) is 5.95 Å². The average molecular weight is 237 g/mol. The van der Waals surface area contributed by atoms with Gasteiger partial charge in [0.25, 0.3) is 5.56 Å². The summed E-state index contributed by atoms with van der Waals surface area (Å²) in [6.07, 6.45) is 1.48. The van der Waals surface area contributed by atoms with Crippen molar-refractivity contribution in [2.75, 3.05) is 5.32 Å². The summed E-state index contributed by atoms with van der Waals surface area (Å²) in [5, 5.41) is 5.35. The minimum Gasteiger partial charge on any atom is -0.325 e. The van der Waals surface area contributed by atoms with E-state index in [0.717, 1.165) is 16.5 Å². The van der Waals surface area contributed by atoms with Crippen LogP contribution in [-0.2, 0) is 0 Å². The fourth-order valence-electron chi connectivity index (χ4n) is 1.90. The Kier molecular flexibility index (Phi) is 2.53. The number of benzene rings is 2.